The number of rotatable bonds is 5. The zero-order valence-corrected chi connectivity index (χ0v) is 12.6. The maximum absolute atomic E-state index is 10.8. The van der Waals surface area contributed by atoms with E-state index in [-0.39, 0.29) is 16.0 Å². The first-order valence-electron chi connectivity index (χ1n) is 6.94. The summed E-state index contributed by atoms with van der Waals surface area (Å²) in [6.45, 7) is 6.99. The van der Waals surface area contributed by atoms with E-state index >= 15 is 0 Å². The van der Waals surface area contributed by atoms with Crippen LogP contribution in [0, 0.1) is 17.0 Å². The standard InChI is InChI=1S/C17H20N2O2/c1-13-11-15(19(20)21)9-10-16(13)18-12-17(2,3)14-7-5-4-6-8-14/h4-11,18H,12H2,1-3H3. The minimum atomic E-state index is -0.370. The minimum absolute atomic E-state index is 0.0184. The summed E-state index contributed by atoms with van der Waals surface area (Å²) >= 11 is 0. The maximum atomic E-state index is 10.8. The van der Waals surface area contributed by atoms with Gasteiger partial charge in [-0.25, -0.2) is 0 Å². The van der Waals surface area contributed by atoms with Crippen LogP contribution in [0.3, 0.4) is 0 Å². The topological polar surface area (TPSA) is 55.2 Å². The van der Waals surface area contributed by atoms with Gasteiger partial charge >= 0.3 is 0 Å². The van der Waals surface area contributed by atoms with E-state index in [1.165, 1.54) is 11.6 Å². The number of nitro groups is 1. The molecular weight excluding hydrogens is 264 g/mol. The van der Waals surface area contributed by atoms with Crippen molar-refractivity contribution in [3.8, 4) is 0 Å². The number of nitrogens with zero attached hydrogens (tertiary/aromatic N) is 1. The van der Waals surface area contributed by atoms with Gasteiger partial charge in [-0.05, 0) is 24.1 Å². The zero-order chi connectivity index (χ0) is 15.5. The van der Waals surface area contributed by atoms with Gasteiger partial charge in [0.15, 0.2) is 0 Å². The number of hydrogen-bond donors (Lipinski definition) is 1. The average molecular weight is 284 g/mol. The Labute approximate surface area is 125 Å². The van der Waals surface area contributed by atoms with Crippen LogP contribution < -0.4 is 5.32 Å². The second-order valence-corrected chi connectivity index (χ2v) is 5.86. The monoisotopic (exact) mass is 284 g/mol. The van der Waals surface area contributed by atoms with Crippen LogP contribution in [0.4, 0.5) is 11.4 Å². The van der Waals surface area contributed by atoms with Crippen LogP contribution in [0.5, 0.6) is 0 Å². The van der Waals surface area contributed by atoms with E-state index in [4.69, 9.17) is 0 Å². The summed E-state index contributed by atoms with van der Waals surface area (Å²) < 4.78 is 0. The first-order valence-corrected chi connectivity index (χ1v) is 6.94. The van der Waals surface area contributed by atoms with E-state index in [9.17, 15) is 10.1 Å². The lowest BCUT2D eigenvalue weighted by Gasteiger charge is -2.26. The fraction of sp³-hybridized carbons (Fsp3) is 0.294. The predicted molar refractivity (Wildman–Crippen MR) is 85.8 cm³/mol. The summed E-state index contributed by atoms with van der Waals surface area (Å²) in [5, 5.41) is 14.1. The Morgan fingerprint density at radius 3 is 2.38 bits per heavy atom. The molecule has 0 bridgehead atoms. The average Bonchev–Trinajstić information content (AvgIpc) is 2.46. The number of non-ortho nitro benzene ring substituents is 1. The predicted octanol–water partition coefficient (Wildman–Crippen LogP) is 4.29. The van der Waals surface area contributed by atoms with Gasteiger partial charge in [0.1, 0.15) is 0 Å². The quantitative estimate of drug-likeness (QED) is 0.658. The maximum Gasteiger partial charge on any atom is 0.269 e. The number of anilines is 1. The first kappa shape index (κ1) is 15.0. The second kappa shape index (κ2) is 5.95. The van der Waals surface area contributed by atoms with Crippen molar-refractivity contribution in [3.05, 3.63) is 69.8 Å². The van der Waals surface area contributed by atoms with Crippen molar-refractivity contribution >= 4 is 11.4 Å². The Hall–Kier alpha value is -2.36. The third-order valence-electron chi connectivity index (χ3n) is 3.70. The fourth-order valence-corrected chi connectivity index (χ4v) is 2.27. The van der Waals surface area contributed by atoms with Crippen molar-refractivity contribution in [2.24, 2.45) is 0 Å². The molecule has 0 radical (unpaired) electrons. The van der Waals surface area contributed by atoms with Crippen LogP contribution in [0.25, 0.3) is 0 Å². The number of nitro benzene ring substituents is 1. The van der Waals surface area contributed by atoms with Gasteiger partial charge in [-0.15, -0.1) is 0 Å². The van der Waals surface area contributed by atoms with Crippen LogP contribution in [-0.2, 0) is 5.41 Å². The van der Waals surface area contributed by atoms with Gasteiger partial charge in [0, 0.05) is 29.8 Å². The lowest BCUT2D eigenvalue weighted by atomic mass is 9.84. The lowest BCUT2D eigenvalue weighted by Crippen LogP contribution is -2.27. The summed E-state index contributed by atoms with van der Waals surface area (Å²) in [5.74, 6) is 0. The Morgan fingerprint density at radius 2 is 1.81 bits per heavy atom. The molecule has 0 aliphatic rings. The Bertz CT molecular complexity index is 636. The summed E-state index contributed by atoms with van der Waals surface area (Å²) in [4.78, 5) is 10.4. The molecule has 0 saturated carbocycles. The van der Waals surface area contributed by atoms with Crippen molar-refractivity contribution < 1.29 is 4.92 Å². The molecule has 0 heterocycles. The minimum Gasteiger partial charge on any atom is -0.384 e. The molecule has 0 atom stereocenters. The number of nitrogens with one attached hydrogen (secondary N) is 1. The van der Waals surface area contributed by atoms with Crippen LogP contribution in [0.2, 0.25) is 0 Å². The van der Waals surface area contributed by atoms with Gasteiger partial charge in [0.05, 0.1) is 4.92 Å². The molecule has 4 nitrogen and oxygen atoms in total. The van der Waals surface area contributed by atoms with E-state index in [1.54, 1.807) is 12.1 Å². The molecule has 0 saturated heterocycles. The zero-order valence-electron chi connectivity index (χ0n) is 12.6. The Balaban J connectivity index is 2.11. The normalized spacial score (nSPS) is 11.2. The van der Waals surface area contributed by atoms with E-state index < -0.39 is 0 Å². The van der Waals surface area contributed by atoms with Gasteiger partial charge in [-0.1, -0.05) is 44.2 Å². The molecule has 0 aromatic heterocycles. The molecular formula is C17H20N2O2. The van der Waals surface area contributed by atoms with E-state index in [1.807, 2.05) is 25.1 Å². The lowest BCUT2D eigenvalue weighted by molar-refractivity contribution is -0.384. The SMILES string of the molecule is Cc1cc([N+](=O)[O-])ccc1NCC(C)(C)c1ccccc1. The highest BCUT2D eigenvalue weighted by Crippen LogP contribution is 2.26. The van der Waals surface area contributed by atoms with E-state index in [2.05, 4.69) is 31.3 Å². The molecule has 2 aromatic rings. The van der Waals surface area contributed by atoms with Crippen LogP contribution >= 0.6 is 0 Å². The number of aryl methyl sites for hydroxylation is 1. The first-order chi connectivity index (χ1) is 9.90. The molecule has 0 spiro atoms. The highest BCUT2D eigenvalue weighted by Gasteiger charge is 2.20. The molecule has 0 aliphatic carbocycles. The van der Waals surface area contributed by atoms with E-state index in [0.29, 0.717) is 0 Å². The summed E-state index contributed by atoms with van der Waals surface area (Å²) in [6, 6.07) is 15.2. The Kier molecular flexibility index (Phi) is 4.26. The van der Waals surface area contributed by atoms with Crippen LogP contribution in [-0.4, -0.2) is 11.5 Å². The van der Waals surface area contributed by atoms with Crippen molar-refractivity contribution in [2.75, 3.05) is 11.9 Å². The fourth-order valence-electron chi connectivity index (χ4n) is 2.27. The third kappa shape index (κ3) is 3.60. The van der Waals surface area contributed by atoms with Crippen molar-refractivity contribution in [3.63, 3.8) is 0 Å². The molecule has 110 valence electrons. The molecule has 0 aliphatic heterocycles. The van der Waals surface area contributed by atoms with Crippen LogP contribution in [0.15, 0.2) is 48.5 Å². The largest absolute Gasteiger partial charge is 0.384 e. The van der Waals surface area contributed by atoms with Crippen molar-refractivity contribution in [2.45, 2.75) is 26.2 Å². The molecule has 4 heteroatoms. The molecule has 1 N–H and O–H groups in total. The highest BCUT2D eigenvalue weighted by atomic mass is 16.6. The summed E-state index contributed by atoms with van der Waals surface area (Å²) in [7, 11) is 0. The molecule has 2 aromatic carbocycles. The highest BCUT2D eigenvalue weighted by molar-refractivity contribution is 5.55. The summed E-state index contributed by atoms with van der Waals surface area (Å²) in [5.41, 5.74) is 3.19. The number of benzene rings is 2. The molecule has 0 amide bonds. The molecule has 2 rings (SSSR count). The Morgan fingerprint density at radius 1 is 1.14 bits per heavy atom. The van der Waals surface area contributed by atoms with Gasteiger partial charge in [0.25, 0.3) is 5.69 Å². The van der Waals surface area contributed by atoms with Crippen molar-refractivity contribution in [1.82, 2.24) is 0 Å². The van der Waals surface area contributed by atoms with Gasteiger partial charge in [-0.2, -0.15) is 0 Å². The molecule has 21 heavy (non-hydrogen) atoms. The van der Waals surface area contributed by atoms with Crippen LogP contribution in [0.1, 0.15) is 25.0 Å². The van der Waals surface area contributed by atoms with E-state index in [0.717, 1.165) is 17.8 Å². The van der Waals surface area contributed by atoms with Crippen molar-refractivity contribution in [1.29, 1.82) is 0 Å². The van der Waals surface area contributed by atoms with Gasteiger partial charge in [0.2, 0.25) is 0 Å². The van der Waals surface area contributed by atoms with Gasteiger partial charge in [-0.3, -0.25) is 10.1 Å². The smallest absolute Gasteiger partial charge is 0.269 e. The molecule has 0 unspecified atom stereocenters. The second-order valence-electron chi connectivity index (χ2n) is 5.86. The van der Waals surface area contributed by atoms with Gasteiger partial charge < -0.3 is 5.32 Å². The third-order valence-corrected chi connectivity index (χ3v) is 3.70. The summed E-state index contributed by atoms with van der Waals surface area (Å²) in [6.07, 6.45) is 0. The number of hydrogen-bond acceptors (Lipinski definition) is 3. The molecule has 0 fully saturated rings.